The van der Waals surface area contributed by atoms with Gasteiger partial charge in [0.05, 0.1) is 26.0 Å². The van der Waals surface area contributed by atoms with Crippen LogP contribution in [0.5, 0.6) is 17.2 Å². The molecule has 182 valence electrons. The average molecular weight is 460 g/mol. The lowest BCUT2D eigenvalue weighted by Crippen LogP contribution is -2.28. The number of nitrogens with zero attached hydrogens (tertiary/aromatic N) is 3. The summed E-state index contributed by atoms with van der Waals surface area (Å²) in [4.78, 5) is 29.9. The zero-order chi connectivity index (χ0) is 24.5. The average Bonchev–Trinajstić information content (AvgIpc) is 3.11. The van der Waals surface area contributed by atoms with Crippen molar-refractivity contribution in [2.24, 2.45) is 0 Å². The molecule has 1 aromatic carbocycles. The highest BCUT2D eigenvalue weighted by molar-refractivity contribution is 6.04. The van der Waals surface area contributed by atoms with Crippen molar-refractivity contribution < 1.29 is 23.8 Å². The second kappa shape index (κ2) is 12.2. The number of hydrogen-bond donors (Lipinski definition) is 0. The molecule has 0 radical (unpaired) electrons. The highest BCUT2D eigenvalue weighted by Crippen LogP contribution is 2.43. The molecule has 0 spiro atoms. The number of para-hydroxylation sites is 2. The zero-order valence-corrected chi connectivity index (χ0v) is 20.9. The molecule has 33 heavy (non-hydrogen) atoms. The normalized spacial score (nSPS) is 10.6. The maximum atomic E-state index is 13.5. The molecule has 0 atom stereocenters. The van der Waals surface area contributed by atoms with Gasteiger partial charge in [-0.15, -0.1) is 0 Å². The van der Waals surface area contributed by atoms with Gasteiger partial charge in [-0.05, 0) is 25.0 Å². The number of aromatic nitrogens is 1. The Balaban J connectivity index is 2.96. The van der Waals surface area contributed by atoms with Gasteiger partial charge in [-0.1, -0.05) is 38.8 Å². The third kappa shape index (κ3) is 5.80. The van der Waals surface area contributed by atoms with Crippen molar-refractivity contribution >= 4 is 11.8 Å². The molecule has 0 aliphatic carbocycles. The van der Waals surface area contributed by atoms with Crippen molar-refractivity contribution in [2.45, 2.75) is 39.5 Å². The van der Waals surface area contributed by atoms with Crippen molar-refractivity contribution in [3.8, 4) is 22.9 Å². The van der Waals surface area contributed by atoms with E-state index in [0.29, 0.717) is 24.7 Å². The van der Waals surface area contributed by atoms with Gasteiger partial charge in [-0.2, -0.15) is 0 Å². The smallest absolute Gasteiger partial charge is 0.274 e. The first-order valence-corrected chi connectivity index (χ1v) is 11.4. The first kappa shape index (κ1) is 26.1. The standard InChI is InChI=1S/C25H37N3O5/c1-8-10-16-32-22-20(24(29)26(3)4)28(18-14-12-13-15-19(18)31-7)21(25(30)27(5)6)23(22)33-17-11-9-2/h12-15H,8-11,16-17H2,1-7H3. The first-order valence-electron chi connectivity index (χ1n) is 11.4. The van der Waals surface area contributed by atoms with Crippen LogP contribution in [0, 0.1) is 0 Å². The van der Waals surface area contributed by atoms with E-state index in [-0.39, 0.29) is 34.7 Å². The minimum absolute atomic E-state index is 0.234. The Bertz CT molecular complexity index is 898. The Morgan fingerprint density at radius 3 is 1.67 bits per heavy atom. The Kier molecular flexibility index (Phi) is 9.63. The number of amides is 2. The van der Waals surface area contributed by atoms with Crippen molar-refractivity contribution in [1.29, 1.82) is 0 Å². The van der Waals surface area contributed by atoms with E-state index in [1.807, 2.05) is 18.2 Å². The molecule has 0 aliphatic rings. The molecule has 0 fully saturated rings. The zero-order valence-electron chi connectivity index (χ0n) is 20.9. The van der Waals surface area contributed by atoms with Crippen LogP contribution in [0.25, 0.3) is 5.69 Å². The van der Waals surface area contributed by atoms with Gasteiger partial charge in [0.25, 0.3) is 11.8 Å². The van der Waals surface area contributed by atoms with E-state index in [0.717, 1.165) is 25.7 Å². The van der Waals surface area contributed by atoms with Crippen molar-refractivity contribution in [1.82, 2.24) is 14.4 Å². The molecule has 1 heterocycles. The molecule has 0 saturated carbocycles. The van der Waals surface area contributed by atoms with Gasteiger partial charge >= 0.3 is 0 Å². The number of rotatable bonds is 12. The lowest BCUT2D eigenvalue weighted by atomic mass is 10.2. The summed E-state index contributed by atoms with van der Waals surface area (Å²) in [6, 6.07) is 7.27. The number of ether oxygens (including phenoxy) is 3. The highest BCUT2D eigenvalue weighted by Gasteiger charge is 2.36. The first-order chi connectivity index (χ1) is 15.8. The van der Waals surface area contributed by atoms with Gasteiger partial charge in [-0.3, -0.25) is 14.2 Å². The van der Waals surface area contributed by atoms with Gasteiger partial charge in [-0.25, -0.2) is 0 Å². The molecule has 8 nitrogen and oxygen atoms in total. The molecule has 0 bridgehead atoms. The quantitative estimate of drug-likeness (QED) is 0.444. The summed E-state index contributed by atoms with van der Waals surface area (Å²) in [7, 11) is 8.23. The fourth-order valence-corrected chi connectivity index (χ4v) is 3.30. The van der Waals surface area contributed by atoms with Crippen molar-refractivity contribution in [3.05, 3.63) is 35.7 Å². The van der Waals surface area contributed by atoms with E-state index in [9.17, 15) is 9.59 Å². The molecule has 1 aromatic heterocycles. The summed E-state index contributed by atoms with van der Waals surface area (Å²) in [6.45, 7) is 4.93. The van der Waals surface area contributed by atoms with Crippen LogP contribution in [0.15, 0.2) is 24.3 Å². The number of carbonyl (C=O) groups excluding carboxylic acids is 2. The lowest BCUT2D eigenvalue weighted by molar-refractivity contribution is 0.0810. The predicted molar refractivity (Wildman–Crippen MR) is 129 cm³/mol. The Morgan fingerprint density at radius 2 is 1.27 bits per heavy atom. The summed E-state index contributed by atoms with van der Waals surface area (Å²) >= 11 is 0. The summed E-state index contributed by atoms with van der Waals surface area (Å²) in [5.74, 6) is 0.494. The Morgan fingerprint density at radius 1 is 0.818 bits per heavy atom. The van der Waals surface area contributed by atoms with Gasteiger partial charge in [0.1, 0.15) is 5.75 Å². The van der Waals surface area contributed by atoms with Gasteiger partial charge in [0.2, 0.25) is 0 Å². The molecule has 0 unspecified atom stereocenters. The van der Waals surface area contributed by atoms with E-state index < -0.39 is 0 Å². The van der Waals surface area contributed by atoms with Crippen LogP contribution >= 0.6 is 0 Å². The molecule has 0 aliphatic heterocycles. The number of carbonyl (C=O) groups is 2. The Labute approximate surface area is 197 Å². The topological polar surface area (TPSA) is 73.2 Å². The second-order valence-corrected chi connectivity index (χ2v) is 8.17. The maximum absolute atomic E-state index is 13.5. The third-order valence-corrected chi connectivity index (χ3v) is 5.12. The van der Waals surface area contributed by atoms with Gasteiger partial charge in [0, 0.05) is 28.2 Å². The van der Waals surface area contributed by atoms with Crippen molar-refractivity contribution in [2.75, 3.05) is 48.5 Å². The fraction of sp³-hybridized carbons (Fsp3) is 0.520. The molecule has 2 aromatic rings. The van der Waals surface area contributed by atoms with Crippen LogP contribution < -0.4 is 14.2 Å². The van der Waals surface area contributed by atoms with Gasteiger partial charge < -0.3 is 24.0 Å². The number of methoxy groups -OCH3 is 1. The maximum Gasteiger partial charge on any atom is 0.274 e. The van der Waals surface area contributed by atoms with Gasteiger partial charge in [0.15, 0.2) is 22.9 Å². The monoisotopic (exact) mass is 459 g/mol. The molecule has 2 rings (SSSR count). The molecule has 0 saturated heterocycles. The van der Waals surface area contributed by atoms with E-state index in [1.54, 1.807) is 45.9 Å². The van der Waals surface area contributed by atoms with Crippen LogP contribution in [-0.4, -0.2) is 74.7 Å². The third-order valence-electron chi connectivity index (χ3n) is 5.12. The van der Waals surface area contributed by atoms with Crippen LogP contribution in [-0.2, 0) is 0 Å². The summed E-state index contributed by atoms with van der Waals surface area (Å²) < 4.78 is 19.5. The highest BCUT2D eigenvalue weighted by atomic mass is 16.5. The van der Waals surface area contributed by atoms with Crippen LogP contribution in [0.3, 0.4) is 0 Å². The summed E-state index contributed by atoms with van der Waals surface area (Å²) in [6.07, 6.45) is 3.47. The molecular formula is C25H37N3O5. The molecule has 0 N–H and O–H groups in total. The fourth-order valence-electron chi connectivity index (χ4n) is 3.30. The largest absolute Gasteiger partial charge is 0.495 e. The van der Waals surface area contributed by atoms with Crippen LogP contribution in [0.1, 0.15) is 60.5 Å². The number of benzene rings is 1. The summed E-state index contributed by atoms with van der Waals surface area (Å²) in [5.41, 5.74) is 1.02. The summed E-state index contributed by atoms with van der Waals surface area (Å²) in [5, 5.41) is 0. The molecular weight excluding hydrogens is 422 g/mol. The molecule has 2 amide bonds. The second-order valence-electron chi connectivity index (χ2n) is 8.17. The SMILES string of the molecule is CCCCOc1c(OCCCC)c(C(=O)N(C)C)n(-c2ccccc2OC)c1C(=O)N(C)C. The minimum Gasteiger partial charge on any atom is -0.495 e. The van der Waals surface area contributed by atoms with E-state index in [4.69, 9.17) is 14.2 Å². The van der Waals surface area contributed by atoms with Crippen molar-refractivity contribution in [3.63, 3.8) is 0 Å². The number of hydrogen-bond acceptors (Lipinski definition) is 5. The van der Waals surface area contributed by atoms with E-state index >= 15 is 0 Å². The van der Waals surface area contributed by atoms with Crippen LogP contribution in [0.2, 0.25) is 0 Å². The number of unbranched alkanes of at least 4 members (excludes halogenated alkanes) is 2. The predicted octanol–water partition coefficient (Wildman–Crippen LogP) is 4.25. The van der Waals surface area contributed by atoms with E-state index in [2.05, 4.69) is 13.8 Å². The molecule has 8 heteroatoms. The lowest BCUT2D eigenvalue weighted by Gasteiger charge is -2.19. The minimum atomic E-state index is -0.300. The van der Waals surface area contributed by atoms with E-state index in [1.165, 1.54) is 9.80 Å². The van der Waals surface area contributed by atoms with Crippen LogP contribution in [0.4, 0.5) is 0 Å². The Hall–Kier alpha value is -3.16.